The van der Waals surface area contributed by atoms with Crippen molar-refractivity contribution in [3.63, 3.8) is 0 Å². The minimum atomic E-state index is -4.49. The molecular weight excluding hydrogens is 447 g/mol. The summed E-state index contributed by atoms with van der Waals surface area (Å²) in [5.74, 6) is -1.08. The van der Waals surface area contributed by atoms with Crippen molar-refractivity contribution in [3.05, 3.63) is 59.7 Å². The molecule has 0 spiro atoms. The van der Waals surface area contributed by atoms with Crippen LogP contribution in [0, 0.1) is 0 Å². The molecule has 1 saturated carbocycles. The Morgan fingerprint density at radius 3 is 2.32 bits per heavy atom. The lowest BCUT2D eigenvalue weighted by atomic mass is 9.96. The zero-order chi connectivity index (χ0) is 24.6. The first kappa shape index (κ1) is 25.6. The van der Waals surface area contributed by atoms with Crippen LogP contribution >= 0.6 is 0 Å². The zero-order valence-corrected chi connectivity index (χ0v) is 18.8. The molecule has 2 aromatic carbocycles. The minimum Gasteiger partial charge on any atom is -0.394 e. The number of carbonyl (C=O) groups excluding carboxylic acids is 2. The molecule has 34 heavy (non-hydrogen) atoms. The summed E-state index contributed by atoms with van der Waals surface area (Å²) < 4.78 is 39.1. The number of hydrogen-bond donors (Lipinski definition) is 4. The van der Waals surface area contributed by atoms with Crippen LogP contribution in [0.1, 0.15) is 60.9 Å². The summed E-state index contributed by atoms with van der Waals surface area (Å²) in [5, 5.41) is 18.1. The lowest BCUT2D eigenvalue weighted by Gasteiger charge is -2.24. The third-order valence-corrected chi connectivity index (χ3v) is 5.90. The van der Waals surface area contributed by atoms with Crippen molar-refractivity contribution in [3.8, 4) is 0 Å². The summed E-state index contributed by atoms with van der Waals surface area (Å²) >= 11 is 0. The largest absolute Gasteiger partial charge is 0.416 e. The predicted octanol–water partition coefficient (Wildman–Crippen LogP) is 4.77. The fraction of sp³-hybridized carbons (Fsp3) is 0.440. The molecule has 1 aliphatic carbocycles. The third-order valence-electron chi connectivity index (χ3n) is 5.90. The summed E-state index contributed by atoms with van der Waals surface area (Å²) in [7, 11) is 0. The van der Waals surface area contributed by atoms with Gasteiger partial charge in [-0.1, -0.05) is 50.3 Å². The molecule has 9 heteroatoms. The predicted molar refractivity (Wildman–Crippen MR) is 124 cm³/mol. The van der Waals surface area contributed by atoms with Crippen LogP contribution in [0.4, 0.5) is 24.5 Å². The van der Waals surface area contributed by atoms with Crippen LogP contribution < -0.4 is 16.0 Å². The summed E-state index contributed by atoms with van der Waals surface area (Å²) in [6.07, 6.45) is 2.73. The molecule has 0 aromatic heterocycles. The fourth-order valence-electron chi connectivity index (χ4n) is 4.05. The van der Waals surface area contributed by atoms with Crippen LogP contribution in [-0.2, 0) is 11.0 Å². The van der Waals surface area contributed by atoms with Gasteiger partial charge >= 0.3 is 6.18 Å². The number of para-hydroxylation sites is 1. The van der Waals surface area contributed by atoms with Crippen molar-refractivity contribution in [2.75, 3.05) is 11.9 Å². The first-order valence-electron chi connectivity index (χ1n) is 11.5. The van der Waals surface area contributed by atoms with Gasteiger partial charge in [0.1, 0.15) is 6.04 Å². The quantitative estimate of drug-likeness (QED) is 0.463. The van der Waals surface area contributed by atoms with Crippen molar-refractivity contribution in [2.24, 2.45) is 0 Å². The Kier molecular flexibility index (Phi) is 8.92. The van der Waals surface area contributed by atoms with Crippen molar-refractivity contribution < 1.29 is 27.9 Å². The Morgan fingerprint density at radius 1 is 0.971 bits per heavy atom. The standard InChI is InChI=1S/C25H30F3N3O3/c26-25(27,28)17-9-8-12-19(15-17)29-21-14-7-6-13-20(21)23(33)31-22(16-32)24(34)30-18-10-4-2-1-3-5-11-18/h6-9,12-15,18,22,29,32H,1-5,10-11,16H2,(H,30,34)(H,31,33). The van der Waals surface area contributed by atoms with E-state index in [0.29, 0.717) is 0 Å². The van der Waals surface area contributed by atoms with Crippen LogP contribution in [0.15, 0.2) is 48.5 Å². The van der Waals surface area contributed by atoms with E-state index in [2.05, 4.69) is 16.0 Å². The maximum Gasteiger partial charge on any atom is 0.416 e. The second-order valence-electron chi connectivity index (χ2n) is 8.51. The Labute approximate surface area is 196 Å². The van der Waals surface area contributed by atoms with E-state index < -0.39 is 36.2 Å². The van der Waals surface area contributed by atoms with Gasteiger partial charge in [0.15, 0.2) is 0 Å². The maximum atomic E-state index is 13.0. The van der Waals surface area contributed by atoms with E-state index >= 15 is 0 Å². The van der Waals surface area contributed by atoms with E-state index in [1.807, 2.05) is 0 Å². The molecule has 1 unspecified atom stereocenters. The van der Waals surface area contributed by atoms with Crippen LogP contribution in [0.3, 0.4) is 0 Å². The van der Waals surface area contributed by atoms with Crippen LogP contribution in [0.25, 0.3) is 0 Å². The number of anilines is 2. The van der Waals surface area contributed by atoms with E-state index in [1.54, 1.807) is 18.2 Å². The topological polar surface area (TPSA) is 90.5 Å². The molecule has 0 aliphatic heterocycles. The molecule has 2 amide bonds. The van der Waals surface area contributed by atoms with Gasteiger partial charge in [-0.25, -0.2) is 0 Å². The summed E-state index contributed by atoms with van der Waals surface area (Å²) in [6, 6.07) is 9.81. The van der Waals surface area contributed by atoms with Gasteiger partial charge in [-0.05, 0) is 43.2 Å². The van der Waals surface area contributed by atoms with Gasteiger partial charge in [0.2, 0.25) is 5.91 Å². The Balaban J connectivity index is 1.69. The van der Waals surface area contributed by atoms with Gasteiger partial charge in [-0.15, -0.1) is 0 Å². The third kappa shape index (κ3) is 7.21. The number of halogens is 3. The molecule has 1 atom stereocenters. The summed E-state index contributed by atoms with van der Waals surface area (Å²) in [6.45, 7) is -0.576. The van der Waals surface area contributed by atoms with E-state index in [-0.39, 0.29) is 23.0 Å². The molecule has 6 nitrogen and oxygen atoms in total. The van der Waals surface area contributed by atoms with Crippen LogP contribution in [0.2, 0.25) is 0 Å². The first-order chi connectivity index (χ1) is 16.3. The van der Waals surface area contributed by atoms with Crippen LogP contribution in [0.5, 0.6) is 0 Å². The number of rotatable bonds is 7. The highest BCUT2D eigenvalue weighted by atomic mass is 19.4. The molecule has 0 saturated heterocycles. The van der Waals surface area contributed by atoms with Crippen molar-refractivity contribution >= 4 is 23.2 Å². The number of amides is 2. The number of nitrogens with one attached hydrogen (secondary N) is 3. The van der Waals surface area contributed by atoms with Gasteiger partial charge in [0, 0.05) is 11.7 Å². The van der Waals surface area contributed by atoms with Gasteiger partial charge < -0.3 is 21.1 Å². The van der Waals surface area contributed by atoms with Gasteiger partial charge in [0.25, 0.3) is 5.91 Å². The number of alkyl halides is 3. The molecule has 4 N–H and O–H groups in total. The Hall–Kier alpha value is -3.07. The highest BCUT2D eigenvalue weighted by molar-refractivity contribution is 6.02. The minimum absolute atomic E-state index is 0.00798. The lowest BCUT2D eigenvalue weighted by Crippen LogP contribution is -2.51. The van der Waals surface area contributed by atoms with Crippen molar-refractivity contribution in [1.82, 2.24) is 10.6 Å². The average molecular weight is 478 g/mol. The second-order valence-corrected chi connectivity index (χ2v) is 8.51. The molecular formula is C25H30F3N3O3. The van der Waals surface area contributed by atoms with Crippen molar-refractivity contribution in [1.29, 1.82) is 0 Å². The second kappa shape index (κ2) is 11.9. The zero-order valence-electron chi connectivity index (χ0n) is 18.8. The molecule has 0 bridgehead atoms. The Bertz CT molecular complexity index is 973. The lowest BCUT2D eigenvalue weighted by molar-refractivity contribution is -0.137. The summed E-state index contributed by atoms with van der Waals surface area (Å²) in [5.41, 5.74) is -0.241. The number of aliphatic hydroxyl groups excluding tert-OH is 1. The van der Waals surface area contributed by atoms with Crippen LogP contribution in [-0.4, -0.2) is 35.6 Å². The van der Waals surface area contributed by atoms with E-state index in [4.69, 9.17) is 0 Å². The number of hydrogen-bond acceptors (Lipinski definition) is 4. The highest BCUT2D eigenvalue weighted by Crippen LogP contribution is 2.32. The molecule has 1 fully saturated rings. The van der Waals surface area contributed by atoms with Gasteiger partial charge in [0.05, 0.1) is 23.4 Å². The van der Waals surface area contributed by atoms with E-state index in [1.165, 1.54) is 24.6 Å². The fourth-order valence-corrected chi connectivity index (χ4v) is 4.05. The van der Waals surface area contributed by atoms with Gasteiger partial charge in [-0.3, -0.25) is 9.59 Å². The number of aliphatic hydroxyl groups is 1. The first-order valence-corrected chi connectivity index (χ1v) is 11.5. The molecule has 0 radical (unpaired) electrons. The average Bonchev–Trinajstić information content (AvgIpc) is 2.79. The summed E-state index contributed by atoms with van der Waals surface area (Å²) in [4.78, 5) is 25.6. The monoisotopic (exact) mass is 477 g/mol. The number of benzene rings is 2. The molecule has 1 aliphatic rings. The number of carbonyl (C=O) groups is 2. The normalized spacial score (nSPS) is 16.1. The highest BCUT2D eigenvalue weighted by Gasteiger charge is 2.30. The maximum absolute atomic E-state index is 13.0. The smallest absolute Gasteiger partial charge is 0.394 e. The Morgan fingerprint density at radius 2 is 1.65 bits per heavy atom. The molecule has 184 valence electrons. The molecule has 3 rings (SSSR count). The molecule has 0 heterocycles. The molecule has 2 aromatic rings. The van der Waals surface area contributed by atoms with E-state index in [9.17, 15) is 27.9 Å². The SMILES string of the molecule is O=C(NC(CO)C(=O)NC1CCCCCCC1)c1ccccc1Nc1cccc(C(F)(F)F)c1. The van der Waals surface area contributed by atoms with Crippen molar-refractivity contribution in [2.45, 2.75) is 63.2 Å². The van der Waals surface area contributed by atoms with Gasteiger partial charge in [-0.2, -0.15) is 13.2 Å². The van der Waals surface area contributed by atoms with E-state index in [0.717, 1.165) is 50.7 Å².